The first-order valence-corrected chi connectivity index (χ1v) is 4.60. The molecule has 1 aromatic heterocycles. The molecule has 5 heteroatoms. The fourth-order valence-corrected chi connectivity index (χ4v) is 1.16. The van der Waals surface area contributed by atoms with Gasteiger partial charge in [0.15, 0.2) is 0 Å². The lowest BCUT2D eigenvalue weighted by atomic mass is 10.3. The highest BCUT2D eigenvalue weighted by Crippen LogP contribution is 2.13. The van der Waals surface area contributed by atoms with E-state index in [-0.39, 0.29) is 6.54 Å². The predicted octanol–water partition coefficient (Wildman–Crippen LogP) is 1.59. The van der Waals surface area contributed by atoms with Crippen LogP contribution in [-0.2, 0) is 0 Å². The minimum atomic E-state index is -0.959. The van der Waals surface area contributed by atoms with Crippen LogP contribution in [0.15, 0.2) is 22.9 Å². The topological polar surface area (TPSA) is 45.1 Å². The number of nitrogens with one attached hydrogen (secondary N) is 1. The number of nitrogens with zero attached hydrogens (tertiary/aromatic N) is 1. The Kier molecular flexibility index (Phi) is 4.11. The van der Waals surface area contributed by atoms with E-state index >= 15 is 0 Å². The van der Waals surface area contributed by atoms with E-state index in [1.54, 1.807) is 18.5 Å². The highest BCUT2D eigenvalue weighted by atomic mass is 79.9. The number of pyridine rings is 1. The normalized spacial score (nSPS) is 12.5. The summed E-state index contributed by atoms with van der Waals surface area (Å²) in [6.45, 7) is -0.553. The van der Waals surface area contributed by atoms with Gasteiger partial charge in [-0.25, -0.2) is 4.39 Å². The monoisotopic (exact) mass is 248 g/mol. The van der Waals surface area contributed by atoms with Crippen molar-refractivity contribution in [1.29, 1.82) is 0 Å². The van der Waals surface area contributed by atoms with Crippen LogP contribution in [0.1, 0.15) is 0 Å². The number of hydrogen-bond acceptors (Lipinski definition) is 3. The molecule has 0 radical (unpaired) electrons. The van der Waals surface area contributed by atoms with Crippen molar-refractivity contribution in [2.24, 2.45) is 0 Å². The molecule has 1 unspecified atom stereocenters. The first-order chi connectivity index (χ1) is 6.22. The molecular weight excluding hydrogens is 239 g/mol. The van der Waals surface area contributed by atoms with Crippen LogP contribution in [0.3, 0.4) is 0 Å². The number of rotatable bonds is 4. The maximum Gasteiger partial charge on any atom is 0.117 e. The molecule has 1 atom stereocenters. The zero-order chi connectivity index (χ0) is 9.68. The Morgan fingerprint density at radius 1 is 1.62 bits per heavy atom. The van der Waals surface area contributed by atoms with E-state index < -0.39 is 12.8 Å². The lowest BCUT2D eigenvalue weighted by Crippen LogP contribution is -2.21. The van der Waals surface area contributed by atoms with E-state index in [0.29, 0.717) is 0 Å². The standard InChI is InChI=1S/C8H10BrFN2O/c9-6-1-7(4-11-3-6)12-5-8(13)2-10/h1,3-4,8,12-13H,2,5H2. The zero-order valence-electron chi connectivity index (χ0n) is 6.87. The van der Waals surface area contributed by atoms with Crippen LogP contribution in [0.2, 0.25) is 0 Å². The van der Waals surface area contributed by atoms with Gasteiger partial charge in [0, 0.05) is 17.2 Å². The summed E-state index contributed by atoms with van der Waals surface area (Å²) in [4.78, 5) is 3.90. The van der Waals surface area contributed by atoms with Crippen LogP contribution in [-0.4, -0.2) is 29.4 Å². The molecule has 3 nitrogen and oxygen atoms in total. The van der Waals surface area contributed by atoms with E-state index in [1.807, 2.05) is 0 Å². The van der Waals surface area contributed by atoms with Crippen molar-refractivity contribution in [3.05, 3.63) is 22.9 Å². The van der Waals surface area contributed by atoms with Crippen molar-refractivity contribution in [1.82, 2.24) is 4.98 Å². The van der Waals surface area contributed by atoms with E-state index in [2.05, 4.69) is 26.2 Å². The average molecular weight is 249 g/mol. The lowest BCUT2D eigenvalue weighted by Gasteiger charge is -2.08. The molecular formula is C8H10BrFN2O. The number of aliphatic hydroxyl groups is 1. The maximum atomic E-state index is 11.9. The largest absolute Gasteiger partial charge is 0.389 e. The van der Waals surface area contributed by atoms with Gasteiger partial charge in [-0.15, -0.1) is 0 Å². The quantitative estimate of drug-likeness (QED) is 0.851. The number of halogens is 2. The summed E-state index contributed by atoms with van der Waals surface area (Å²) in [5.41, 5.74) is 0.752. The molecule has 1 heterocycles. The fourth-order valence-electron chi connectivity index (χ4n) is 0.799. The van der Waals surface area contributed by atoms with Crippen molar-refractivity contribution in [3.8, 4) is 0 Å². The Hall–Kier alpha value is -0.680. The predicted molar refractivity (Wildman–Crippen MR) is 52.4 cm³/mol. The SMILES string of the molecule is OC(CF)CNc1cncc(Br)c1. The molecule has 0 amide bonds. The van der Waals surface area contributed by atoms with Gasteiger partial charge in [0.2, 0.25) is 0 Å². The molecule has 1 rings (SSSR count). The molecule has 13 heavy (non-hydrogen) atoms. The van der Waals surface area contributed by atoms with Gasteiger partial charge in [-0.1, -0.05) is 0 Å². The molecule has 0 spiro atoms. The summed E-state index contributed by atoms with van der Waals surface area (Å²) in [6, 6.07) is 1.80. The van der Waals surface area contributed by atoms with Gasteiger partial charge < -0.3 is 10.4 Å². The van der Waals surface area contributed by atoms with E-state index in [1.165, 1.54) is 0 Å². The van der Waals surface area contributed by atoms with E-state index in [9.17, 15) is 4.39 Å². The Labute approximate surface area is 84.1 Å². The minimum absolute atomic E-state index is 0.189. The van der Waals surface area contributed by atoms with Crippen LogP contribution in [0, 0.1) is 0 Å². The average Bonchev–Trinajstić information content (AvgIpc) is 2.14. The van der Waals surface area contributed by atoms with Gasteiger partial charge in [0.05, 0.1) is 18.0 Å². The molecule has 0 bridgehead atoms. The summed E-state index contributed by atoms with van der Waals surface area (Å²) in [6.07, 6.45) is 2.30. The third-order valence-corrected chi connectivity index (χ3v) is 1.86. The Balaban J connectivity index is 2.45. The second-order valence-electron chi connectivity index (χ2n) is 2.58. The molecule has 1 aromatic rings. The molecule has 0 saturated heterocycles. The van der Waals surface area contributed by atoms with Gasteiger partial charge in [-0.2, -0.15) is 0 Å². The second-order valence-corrected chi connectivity index (χ2v) is 3.50. The number of anilines is 1. The van der Waals surface area contributed by atoms with Crippen molar-refractivity contribution in [2.75, 3.05) is 18.5 Å². The smallest absolute Gasteiger partial charge is 0.117 e. The number of hydrogen-bond donors (Lipinski definition) is 2. The molecule has 0 saturated carbocycles. The minimum Gasteiger partial charge on any atom is -0.389 e. The van der Waals surface area contributed by atoms with Crippen molar-refractivity contribution >= 4 is 21.6 Å². The van der Waals surface area contributed by atoms with Crippen LogP contribution in [0.5, 0.6) is 0 Å². The lowest BCUT2D eigenvalue weighted by molar-refractivity contribution is 0.151. The highest BCUT2D eigenvalue weighted by Gasteiger charge is 2.02. The zero-order valence-corrected chi connectivity index (χ0v) is 8.46. The summed E-state index contributed by atoms with van der Waals surface area (Å²) in [5, 5.41) is 11.8. The highest BCUT2D eigenvalue weighted by molar-refractivity contribution is 9.10. The maximum absolute atomic E-state index is 11.9. The molecule has 2 N–H and O–H groups in total. The van der Waals surface area contributed by atoms with Crippen LogP contribution in [0.25, 0.3) is 0 Å². The summed E-state index contributed by atoms with van der Waals surface area (Å²) >= 11 is 3.25. The summed E-state index contributed by atoms with van der Waals surface area (Å²) in [5.74, 6) is 0. The third-order valence-electron chi connectivity index (χ3n) is 1.42. The molecule has 0 aliphatic heterocycles. The second kappa shape index (κ2) is 5.14. The molecule has 72 valence electrons. The van der Waals surface area contributed by atoms with Gasteiger partial charge in [-0.05, 0) is 22.0 Å². The van der Waals surface area contributed by atoms with Crippen LogP contribution in [0.4, 0.5) is 10.1 Å². The molecule has 0 aliphatic rings. The van der Waals surface area contributed by atoms with Crippen molar-refractivity contribution in [3.63, 3.8) is 0 Å². The van der Waals surface area contributed by atoms with Gasteiger partial charge >= 0.3 is 0 Å². The van der Waals surface area contributed by atoms with Crippen molar-refractivity contribution < 1.29 is 9.50 Å². The van der Waals surface area contributed by atoms with E-state index in [4.69, 9.17) is 5.11 Å². The van der Waals surface area contributed by atoms with Gasteiger partial charge in [0.25, 0.3) is 0 Å². The third kappa shape index (κ3) is 3.69. The Morgan fingerprint density at radius 2 is 2.38 bits per heavy atom. The summed E-state index contributed by atoms with van der Waals surface area (Å²) < 4.78 is 12.7. The van der Waals surface area contributed by atoms with Gasteiger partial charge in [0.1, 0.15) is 6.67 Å². The summed E-state index contributed by atoms with van der Waals surface area (Å²) in [7, 11) is 0. The van der Waals surface area contributed by atoms with E-state index in [0.717, 1.165) is 10.2 Å². The van der Waals surface area contributed by atoms with Crippen LogP contribution < -0.4 is 5.32 Å². The molecule has 0 aliphatic carbocycles. The molecule has 0 fully saturated rings. The van der Waals surface area contributed by atoms with Crippen molar-refractivity contribution in [2.45, 2.75) is 6.10 Å². The number of aliphatic hydroxyl groups excluding tert-OH is 1. The first kappa shape index (κ1) is 10.4. The van der Waals surface area contributed by atoms with Crippen LogP contribution >= 0.6 is 15.9 Å². The number of aromatic nitrogens is 1. The Bertz CT molecular complexity index is 272. The van der Waals surface area contributed by atoms with Gasteiger partial charge in [-0.3, -0.25) is 4.98 Å². The molecule has 0 aromatic carbocycles. The first-order valence-electron chi connectivity index (χ1n) is 3.81. The fraction of sp³-hybridized carbons (Fsp3) is 0.375. The number of alkyl halides is 1. The Morgan fingerprint density at radius 3 is 3.00 bits per heavy atom.